The summed E-state index contributed by atoms with van der Waals surface area (Å²) in [6.45, 7) is 0. The monoisotopic (exact) mass is 410 g/mol. The molecule has 0 aliphatic carbocycles. The van der Waals surface area contributed by atoms with E-state index in [9.17, 15) is 0 Å². The predicted molar refractivity (Wildman–Crippen MR) is 138 cm³/mol. The molecular formula is C30H22N2. The van der Waals surface area contributed by atoms with Gasteiger partial charge in [0.1, 0.15) is 0 Å². The highest BCUT2D eigenvalue weighted by molar-refractivity contribution is 6.23. The van der Waals surface area contributed by atoms with Crippen LogP contribution in [0.25, 0.3) is 54.5 Å². The maximum absolute atomic E-state index is 6.49. The average Bonchev–Trinajstić information content (AvgIpc) is 2.90. The van der Waals surface area contributed by atoms with Crippen molar-refractivity contribution in [3.63, 3.8) is 0 Å². The van der Waals surface area contributed by atoms with E-state index in [-0.39, 0.29) is 0 Å². The molecule has 0 saturated heterocycles. The Morgan fingerprint density at radius 1 is 0.469 bits per heavy atom. The van der Waals surface area contributed by atoms with Crippen LogP contribution in [0.3, 0.4) is 0 Å². The van der Waals surface area contributed by atoms with Crippen LogP contribution in [-0.4, -0.2) is 4.98 Å². The fourth-order valence-corrected chi connectivity index (χ4v) is 4.76. The van der Waals surface area contributed by atoms with Crippen molar-refractivity contribution in [2.24, 2.45) is 0 Å². The SMILES string of the molecule is Nc1cccc2c1[nH]c1ccccc1c1c(-c3ccccc3)cccc1c1ccccc21. The van der Waals surface area contributed by atoms with E-state index in [1.165, 1.54) is 32.7 Å². The maximum atomic E-state index is 6.49. The quantitative estimate of drug-likeness (QED) is 0.265. The third kappa shape index (κ3) is 2.89. The minimum absolute atomic E-state index is 0.737. The second-order valence-electron chi connectivity index (χ2n) is 8.08. The van der Waals surface area contributed by atoms with E-state index in [0.29, 0.717) is 0 Å². The lowest BCUT2D eigenvalue weighted by Crippen LogP contribution is -1.88. The van der Waals surface area contributed by atoms with Gasteiger partial charge in [-0.1, -0.05) is 103 Å². The molecule has 3 N–H and O–H groups in total. The molecule has 1 heterocycles. The first kappa shape index (κ1) is 18.5. The Kier molecular flexibility index (Phi) is 4.29. The van der Waals surface area contributed by atoms with E-state index >= 15 is 0 Å². The minimum Gasteiger partial charge on any atom is -0.397 e. The zero-order valence-electron chi connectivity index (χ0n) is 17.5. The lowest BCUT2D eigenvalue weighted by Gasteiger charge is -2.09. The van der Waals surface area contributed by atoms with Crippen LogP contribution >= 0.6 is 0 Å². The molecule has 0 aliphatic rings. The molecule has 0 radical (unpaired) electrons. The molecule has 152 valence electrons. The summed E-state index contributed by atoms with van der Waals surface area (Å²) in [5.41, 5.74) is 11.6. The van der Waals surface area contributed by atoms with Crippen LogP contribution in [0.15, 0.2) is 115 Å². The van der Waals surface area contributed by atoms with E-state index in [0.717, 1.165) is 27.5 Å². The summed E-state index contributed by atoms with van der Waals surface area (Å²) >= 11 is 0. The highest BCUT2D eigenvalue weighted by Gasteiger charge is 2.10. The molecule has 0 atom stereocenters. The highest BCUT2D eigenvalue weighted by atomic mass is 14.7. The zero-order valence-corrected chi connectivity index (χ0v) is 17.5. The molecule has 0 aliphatic heterocycles. The van der Waals surface area contributed by atoms with Gasteiger partial charge in [0.05, 0.1) is 11.2 Å². The first-order valence-corrected chi connectivity index (χ1v) is 10.8. The molecule has 2 nitrogen and oxygen atoms in total. The molecule has 0 amide bonds. The van der Waals surface area contributed by atoms with Crippen LogP contribution in [-0.2, 0) is 0 Å². The van der Waals surface area contributed by atoms with Crippen LogP contribution in [0.5, 0.6) is 0 Å². The maximum Gasteiger partial charge on any atom is 0.0697 e. The highest BCUT2D eigenvalue weighted by Crippen LogP contribution is 2.37. The van der Waals surface area contributed by atoms with E-state index in [1.54, 1.807) is 0 Å². The lowest BCUT2D eigenvalue weighted by atomic mass is 9.94. The van der Waals surface area contributed by atoms with E-state index in [2.05, 4.69) is 108 Å². The Morgan fingerprint density at radius 2 is 1.06 bits per heavy atom. The minimum atomic E-state index is 0.737. The Hall–Kier alpha value is -4.30. The van der Waals surface area contributed by atoms with E-state index in [1.807, 2.05) is 12.1 Å². The van der Waals surface area contributed by atoms with Crippen molar-refractivity contribution in [1.29, 1.82) is 0 Å². The number of H-pyrrole nitrogens is 1. The number of hydrogen-bond donors (Lipinski definition) is 2. The van der Waals surface area contributed by atoms with Crippen LogP contribution in [0.1, 0.15) is 0 Å². The lowest BCUT2D eigenvalue weighted by molar-refractivity contribution is 1.51. The fourth-order valence-electron chi connectivity index (χ4n) is 4.76. The van der Waals surface area contributed by atoms with Crippen molar-refractivity contribution in [2.75, 3.05) is 5.73 Å². The molecule has 2 heteroatoms. The number of benzene rings is 5. The van der Waals surface area contributed by atoms with Crippen molar-refractivity contribution < 1.29 is 0 Å². The van der Waals surface area contributed by atoms with Crippen molar-refractivity contribution in [1.82, 2.24) is 4.98 Å². The van der Waals surface area contributed by atoms with Gasteiger partial charge in [-0.05, 0) is 44.8 Å². The topological polar surface area (TPSA) is 41.8 Å². The van der Waals surface area contributed by atoms with Crippen LogP contribution < -0.4 is 5.73 Å². The molecule has 0 fully saturated rings. The molecule has 6 rings (SSSR count). The average molecular weight is 411 g/mol. The van der Waals surface area contributed by atoms with Crippen molar-refractivity contribution >= 4 is 49.0 Å². The van der Waals surface area contributed by atoms with Gasteiger partial charge in [0, 0.05) is 16.3 Å². The zero-order chi connectivity index (χ0) is 21.5. The van der Waals surface area contributed by atoms with Gasteiger partial charge in [-0.15, -0.1) is 0 Å². The summed E-state index contributed by atoms with van der Waals surface area (Å²) in [4.78, 5) is 3.69. The van der Waals surface area contributed by atoms with Crippen molar-refractivity contribution in [2.45, 2.75) is 0 Å². The Morgan fingerprint density at radius 3 is 1.88 bits per heavy atom. The predicted octanol–water partition coefficient (Wildman–Crippen LogP) is 8.00. The largest absolute Gasteiger partial charge is 0.397 e. The summed E-state index contributed by atoms with van der Waals surface area (Å²) in [6.07, 6.45) is 0. The van der Waals surface area contributed by atoms with Crippen LogP contribution in [0.4, 0.5) is 5.69 Å². The summed E-state index contributed by atoms with van der Waals surface area (Å²) in [6, 6.07) is 40.4. The number of rotatable bonds is 1. The smallest absolute Gasteiger partial charge is 0.0697 e. The third-order valence-corrected chi connectivity index (χ3v) is 6.21. The number of fused-ring (bicyclic) bond motifs is 7. The van der Waals surface area contributed by atoms with Crippen molar-refractivity contribution in [3.05, 3.63) is 115 Å². The first-order chi connectivity index (χ1) is 15.8. The second kappa shape index (κ2) is 7.44. The molecule has 0 unspecified atom stereocenters. The van der Waals surface area contributed by atoms with Gasteiger partial charge in [-0.2, -0.15) is 0 Å². The summed E-state index contributed by atoms with van der Waals surface area (Å²) in [5, 5.41) is 7.07. The molecule has 0 spiro atoms. The van der Waals surface area contributed by atoms with E-state index in [4.69, 9.17) is 5.73 Å². The number of nitrogens with one attached hydrogen (secondary N) is 1. The normalized spacial score (nSPS) is 11.2. The standard InChI is InChI=1S/C30H22N2/c31-27-18-9-17-25-23-13-5-4-12-22(23)24-16-8-15-21(20-10-2-1-3-11-20)29(24)26-14-6-7-19-28(26)32-30(25)27/h1-19,32H,31H2. The molecule has 0 saturated carbocycles. The van der Waals surface area contributed by atoms with Gasteiger partial charge in [0.2, 0.25) is 0 Å². The van der Waals surface area contributed by atoms with Gasteiger partial charge in [0.25, 0.3) is 0 Å². The molecule has 32 heavy (non-hydrogen) atoms. The number of para-hydroxylation sites is 2. The number of nitrogens with two attached hydrogens (primary N) is 1. The number of nitrogen functional groups attached to an aromatic ring is 1. The number of hydrogen-bond acceptors (Lipinski definition) is 1. The van der Waals surface area contributed by atoms with E-state index < -0.39 is 0 Å². The van der Waals surface area contributed by atoms with Crippen molar-refractivity contribution in [3.8, 4) is 11.1 Å². The molecule has 5 aromatic carbocycles. The van der Waals surface area contributed by atoms with Gasteiger partial charge in [-0.25, -0.2) is 0 Å². The molecule has 1 aromatic heterocycles. The summed E-state index contributed by atoms with van der Waals surface area (Å²) in [5.74, 6) is 0. The van der Waals surface area contributed by atoms with Crippen LogP contribution in [0, 0.1) is 0 Å². The Bertz CT molecular complexity index is 1680. The van der Waals surface area contributed by atoms with Gasteiger partial charge in [0.15, 0.2) is 0 Å². The van der Waals surface area contributed by atoms with Gasteiger partial charge < -0.3 is 10.7 Å². The number of aromatic nitrogens is 1. The molecular weight excluding hydrogens is 388 g/mol. The summed E-state index contributed by atoms with van der Waals surface area (Å²) < 4.78 is 0. The molecule has 6 aromatic rings. The molecule has 0 bridgehead atoms. The Labute approximate surface area is 186 Å². The summed E-state index contributed by atoms with van der Waals surface area (Å²) in [7, 11) is 0. The Balaban J connectivity index is 2.02. The van der Waals surface area contributed by atoms with Crippen LogP contribution in [0.2, 0.25) is 0 Å². The fraction of sp³-hybridized carbons (Fsp3) is 0. The number of aromatic amines is 1. The second-order valence-corrected chi connectivity index (χ2v) is 8.08. The van der Waals surface area contributed by atoms with Gasteiger partial charge in [-0.3, -0.25) is 0 Å². The van der Waals surface area contributed by atoms with Gasteiger partial charge >= 0.3 is 0 Å². The number of anilines is 1. The first-order valence-electron chi connectivity index (χ1n) is 10.8. The third-order valence-electron chi connectivity index (χ3n) is 6.21.